The summed E-state index contributed by atoms with van der Waals surface area (Å²) in [5.41, 5.74) is -1.27. The lowest BCUT2D eigenvalue weighted by molar-refractivity contribution is -0.157. The molecule has 8 heteroatoms. The smallest absolute Gasteiger partial charge is 0.248 e. The van der Waals surface area contributed by atoms with Gasteiger partial charge in [-0.25, -0.2) is 0 Å². The van der Waals surface area contributed by atoms with Crippen LogP contribution >= 0.6 is 0 Å². The highest BCUT2D eigenvalue weighted by Gasteiger charge is 2.79. The van der Waals surface area contributed by atoms with Crippen LogP contribution in [0.4, 0.5) is 5.69 Å². The van der Waals surface area contributed by atoms with Gasteiger partial charge >= 0.3 is 0 Å². The third-order valence-corrected chi connectivity index (χ3v) is 9.69. The van der Waals surface area contributed by atoms with Crippen LogP contribution in [0.3, 0.4) is 0 Å². The zero-order valence-corrected chi connectivity index (χ0v) is 25.1. The first-order valence-electron chi connectivity index (χ1n) is 15.2. The summed E-state index contributed by atoms with van der Waals surface area (Å²) in [7, 11) is 0. The Kier molecular flexibility index (Phi) is 9.44. The molecular weight excluding hydrogens is 518 g/mol. The Balaban J connectivity index is 1.86. The Bertz CT molecular complexity index is 1140. The fourth-order valence-electron chi connectivity index (χ4n) is 7.70. The average Bonchev–Trinajstić information content (AvgIpc) is 3.59. The number of carbonyl (C=O) groups is 3. The van der Waals surface area contributed by atoms with Gasteiger partial charge in [-0.1, -0.05) is 57.5 Å². The molecular formula is C33H47N3O5. The summed E-state index contributed by atoms with van der Waals surface area (Å²) in [4.78, 5) is 48.8. The van der Waals surface area contributed by atoms with Crippen LogP contribution < -0.4 is 4.90 Å². The van der Waals surface area contributed by atoms with Crippen molar-refractivity contribution in [3.05, 3.63) is 55.6 Å². The van der Waals surface area contributed by atoms with Gasteiger partial charge < -0.3 is 24.5 Å². The van der Waals surface area contributed by atoms with E-state index in [2.05, 4.69) is 20.1 Å². The maximum Gasteiger partial charge on any atom is 0.248 e. The monoisotopic (exact) mass is 565 g/mol. The second-order valence-electron chi connectivity index (χ2n) is 11.8. The quantitative estimate of drug-likeness (QED) is 0.339. The first-order valence-corrected chi connectivity index (χ1v) is 15.2. The normalized spacial score (nSPS) is 29.6. The molecule has 0 radical (unpaired) electrons. The molecule has 7 atom stereocenters. The number of nitrogens with zero attached hydrogens (tertiary/aromatic N) is 3. The van der Waals surface area contributed by atoms with Crippen LogP contribution in [0.2, 0.25) is 0 Å². The topological polar surface area (TPSA) is 90.4 Å². The predicted octanol–water partition coefficient (Wildman–Crippen LogP) is 4.33. The van der Waals surface area contributed by atoms with Gasteiger partial charge in [0.25, 0.3) is 0 Å². The third kappa shape index (κ3) is 4.93. The van der Waals surface area contributed by atoms with Gasteiger partial charge in [-0.05, 0) is 51.2 Å². The SMILES string of the molecule is C=CCN(C(=O)[C@H]1[C@H]2C(=O)N([C@@H](CC)CO)C(C(=O)N(CC=C)C(C)CCC)C23CC[C@]1(CC)O3)c1ccccc1. The molecule has 1 aromatic carbocycles. The Hall–Kier alpha value is -2.97. The number of anilines is 1. The van der Waals surface area contributed by atoms with E-state index >= 15 is 0 Å². The van der Waals surface area contributed by atoms with Gasteiger partial charge in [0, 0.05) is 24.8 Å². The summed E-state index contributed by atoms with van der Waals surface area (Å²) < 4.78 is 6.97. The third-order valence-electron chi connectivity index (χ3n) is 9.69. The Morgan fingerprint density at radius 1 is 1.12 bits per heavy atom. The molecule has 224 valence electrons. The van der Waals surface area contributed by atoms with Gasteiger partial charge in [-0.2, -0.15) is 0 Å². The van der Waals surface area contributed by atoms with Crippen molar-refractivity contribution in [1.29, 1.82) is 0 Å². The molecule has 3 aliphatic heterocycles. The van der Waals surface area contributed by atoms with Crippen molar-refractivity contribution in [3.63, 3.8) is 0 Å². The average molecular weight is 566 g/mol. The van der Waals surface area contributed by atoms with E-state index in [4.69, 9.17) is 4.74 Å². The van der Waals surface area contributed by atoms with E-state index in [0.29, 0.717) is 32.2 Å². The summed E-state index contributed by atoms with van der Waals surface area (Å²) in [5.74, 6) is -2.23. The highest BCUT2D eigenvalue weighted by Crippen LogP contribution is 2.65. The second kappa shape index (κ2) is 12.5. The van der Waals surface area contributed by atoms with E-state index in [1.165, 1.54) is 0 Å². The lowest BCUT2D eigenvalue weighted by atomic mass is 9.64. The maximum absolute atomic E-state index is 14.6. The van der Waals surface area contributed by atoms with Crippen molar-refractivity contribution in [2.75, 3.05) is 24.6 Å². The van der Waals surface area contributed by atoms with Crippen molar-refractivity contribution in [2.45, 2.75) is 95.5 Å². The van der Waals surface area contributed by atoms with Gasteiger partial charge in [0.1, 0.15) is 11.6 Å². The van der Waals surface area contributed by atoms with Crippen molar-refractivity contribution in [3.8, 4) is 0 Å². The number of amides is 3. The Morgan fingerprint density at radius 3 is 2.37 bits per heavy atom. The van der Waals surface area contributed by atoms with Crippen molar-refractivity contribution in [2.24, 2.45) is 11.8 Å². The van der Waals surface area contributed by atoms with E-state index in [1.54, 1.807) is 26.9 Å². The van der Waals surface area contributed by atoms with Crippen LogP contribution in [0.5, 0.6) is 0 Å². The number of hydrogen-bond donors (Lipinski definition) is 1. The van der Waals surface area contributed by atoms with Gasteiger partial charge in [0.2, 0.25) is 17.7 Å². The van der Waals surface area contributed by atoms with E-state index in [9.17, 15) is 19.5 Å². The largest absolute Gasteiger partial charge is 0.394 e. The molecule has 3 aliphatic rings. The zero-order valence-electron chi connectivity index (χ0n) is 25.1. The summed E-state index contributed by atoms with van der Waals surface area (Å²) >= 11 is 0. The molecule has 0 saturated carbocycles. The minimum atomic E-state index is -1.14. The second-order valence-corrected chi connectivity index (χ2v) is 11.8. The lowest BCUT2D eigenvalue weighted by Gasteiger charge is -2.41. The number of aliphatic hydroxyl groups is 1. The van der Waals surface area contributed by atoms with Gasteiger partial charge in [-0.15, -0.1) is 13.2 Å². The standard InChI is InChI=1S/C33H47N3O5/c1-7-15-23(6)34(20-8-2)31(40)28-33-19-18-32(11-5,41-33)26(27(33)30(39)36(28)24(10-4)22-37)29(38)35(21-9-3)25-16-13-12-14-17-25/h8-9,12-14,16-17,23-24,26-28,37H,2-3,7,10-11,15,18-22H2,1,4-6H3/t23?,24-,26+,27-,28?,32-,33?/m0/s1. The van der Waals surface area contributed by atoms with Crippen molar-refractivity contribution >= 4 is 23.4 Å². The molecule has 1 spiro atoms. The molecule has 1 aromatic rings. The molecule has 3 unspecified atom stereocenters. The summed E-state index contributed by atoms with van der Waals surface area (Å²) in [6.07, 6.45) is 7.22. The van der Waals surface area contributed by atoms with Crippen LogP contribution in [0.15, 0.2) is 55.6 Å². The van der Waals surface area contributed by atoms with Gasteiger partial charge in [-0.3, -0.25) is 14.4 Å². The summed E-state index contributed by atoms with van der Waals surface area (Å²) in [6.45, 7) is 16.1. The number of likely N-dealkylation sites (tertiary alicyclic amines) is 1. The highest BCUT2D eigenvalue weighted by molar-refractivity contribution is 6.03. The van der Waals surface area contributed by atoms with Gasteiger partial charge in [0.05, 0.1) is 30.1 Å². The van der Waals surface area contributed by atoms with Gasteiger partial charge in [0.15, 0.2) is 0 Å². The van der Waals surface area contributed by atoms with E-state index in [1.807, 2.05) is 51.1 Å². The molecule has 3 saturated heterocycles. The number of fused-ring (bicyclic) bond motifs is 1. The maximum atomic E-state index is 14.6. The fourth-order valence-corrected chi connectivity index (χ4v) is 7.70. The molecule has 41 heavy (non-hydrogen) atoms. The van der Waals surface area contributed by atoms with Crippen LogP contribution in [0.1, 0.15) is 66.2 Å². The molecule has 1 N–H and O–H groups in total. The summed E-state index contributed by atoms with van der Waals surface area (Å²) in [6, 6.07) is 7.85. The summed E-state index contributed by atoms with van der Waals surface area (Å²) in [5, 5.41) is 10.4. The minimum Gasteiger partial charge on any atom is -0.394 e. The number of carbonyl (C=O) groups excluding carboxylic acids is 3. The van der Waals surface area contributed by atoms with Crippen LogP contribution in [0, 0.1) is 11.8 Å². The van der Waals surface area contributed by atoms with Crippen molar-refractivity contribution < 1.29 is 24.2 Å². The number of benzene rings is 1. The van der Waals surface area contributed by atoms with E-state index in [-0.39, 0.29) is 36.9 Å². The Labute approximate surface area is 245 Å². The number of rotatable bonds is 14. The van der Waals surface area contributed by atoms with Crippen LogP contribution in [-0.2, 0) is 19.1 Å². The van der Waals surface area contributed by atoms with Crippen molar-refractivity contribution in [1.82, 2.24) is 9.80 Å². The number of para-hydroxylation sites is 1. The van der Waals surface area contributed by atoms with E-state index < -0.39 is 35.1 Å². The zero-order chi connectivity index (χ0) is 29.9. The number of hydrogen-bond acceptors (Lipinski definition) is 5. The molecule has 0 aliphatic carbocycles. The highest BCUT2D eigenvalue weighted by atomic mass is 16.5. The Morgan fingerprint density at radius 2 is 1.80 bits per heavy atom. The fraction of sp³-hybridized carbons (Fsp3) is 0.606. The molecule has 4 rings (SSSR count). The first kappa shape index (κ1) is 31.0. The molecule has 2 bridgehead atoms. The first-order chi connectivity index (χ1) is 19.7. The van der Waals surface area contributed by atoms with Crippen LogP contribution in [-0.4, -0.2) is 81.7 Å². The minimum absolute atomic E-state index is 0.0653. The molecule has 8 nitrogen and oxygen atoms in total. The molecule has 3 amide bonds. The predicted molar refractivity (Wildman–Crippen MR) is 160 cm³/mol. The molecule has 3 fully saturated rings. The molecule has 0 aromatic heterocycles. The number of aliphatic hydroxyl groups excluding tert-OH is 1. The van der Waals surface area contributed by atoms with E-state index in [0.717, 1.165) is 18.5 Å². The number of ether oxygens (including phenoxy) is 1. The molecule has 3 heterocycles. The lowest BCUT2D eigenvalue weighted by Crippen LogP contribution is -2.60. The van der Waals surface area contributed by atoms with Crippen LogP contribution in [0.25, 0.3) is 0 Å².